The lowest BCUT2D eigenvalue weighted by Gasteiger charge is -2.10. The van der Waals surface area contributed by atoms with Gasteiger partial charge in [-0.15, -0.1) is 0 Å². The number of para-hydroxylation sites is 1. The van der Waals surface area contributed by atoms with Crippen molar-refractivity contribution in [2.75, 3.05) is 5.32 Å². The Morgan fingerprint density at radius 1 is 1.19 bits per heavy atom. The van der Waals surface area contributed by atoms with Gasteiger partial charge in [0.05, 0.1) is 29.6 Å². The summed E-state index contributed by atoms with van der Waals surface area (Å²) in [4.78, 5) is 23.9. The van der Waals surface area contributed by atoms with E-state index in [0.717, 1.165) is 10.2 Å². The van der Waals surface area contributed by atoms with Crippen LogP contribution in [0.15, 0.2) is 59.2 Å². The molecule has 7 heteroatoms. The smallest absolute Gasteiger partial charge is 0.259 e. The fourth-order valence-electron chi connectivity index (χ4n) is 2.67. The van der Waals surface area contributed by atoms with Gasteiger partial charge in [-0.1, -0.05) is 40.2 Å². The number of carbonyl (C=O) groups is 2. The van der Waals surface area contributed by atoms with E-state index in [1.165, 1.54) is 6.20 Å². The van der Waals surface area contributed by atoms with Crippen LogP contribution in [0.1, 0.15) is 21.6 Å². The molecule has 0 aliphatic heterocycles. The van der Waals surface area contributed by atoms with Crippen LogP contribution in [-0.4, -0.2) is 21.6 Å². The topological polar surface area (TPSA) is 90.0 Å². The van der Waals surface area contributed by atoms with Crippen LogP contribution in [0.4, 0.5) is 5.69 Å². The number of nitrogens with two attached hydrogens (primary N) is 1. The van der Waals surface area contributed by atoms with Gasteiger partial charge in [-0.25, -0.2) is 4.68 Å². The Balaban J connectivity index is 1.87. The molecule has 0 spiro atoms. The monoisotopic (exact) mass is 412 g/mol. The lowest BCUT2D eigenvalue weighted by Crippen LogP contribution is -2.18. The standard InChI is InChI=1S/C19H17BrN4O2/c1-12-16(11-22-24(12)15-7-4-6-14(20)10-15)19(26)23-17-8-3-2-5-13(17)9-18(21)25/h2-8,10-11H,9H2,1H3,(H2,21,25)(H,23,26). The third-order valence-corrected chi connectivity index (χ3v) is 4.43. The summed E-state index contributed by atoms with van der Waals surface area (Å²) in [6.45, 7) is 1.83. The first-order valence-electron chi connectivity index (χ1n) is 7.94. The zero-order valence-electron chi connectivity index (χ0n) is 14.1. The van der Waals surface area contributed by atoms with Crippen molar-refractivity contribution in [3.63, 3.8) is 0 Å². The number of benzene rings is 2. The predicted molar refractivity (Wildman–Crippen MR) is 103 cm³/mol. The molecule has 26 heavy (non-hydrogen) atoms. The van der Waals surface area contributed by atoms with Crippen molar-refractivity contribution in [3.8, 4) is 5.69 Å². The number of hydrogen-bond acceptors (Lipinski definition) is 3. The molecule has 0 radical (unpaired) electrons. The number of primary amides is 1. The lowest BCUT2D eigenvalue weighted by molar-refractivity contribution is -0.117. The molecule has 132 valence electrons. The zero-order valence-corrected chi connectivity index (χ0v) is 15.7. The number of halogens is 1. The largest absolute Gasteiger partial charge is 0.369 e. The van der Waals surface area contributed by atoms with Crippen LogP contribution in [0.3, 0.4) is 0 Å². The van der Waals surface area contributed by atoms with Gasteiger partial charge < -0.3 is 11.1 Å². The van der Waals surface area contributed by atoms with Gasteiger partial charge in [0, 0.05) is 10.2 Å². The molecule has 0 saturated heterocycles. The summed E-state index contributed by atoms with van der Waals surface area (Å²) in [6, 6.07) is 14.7. The molecule has 6 nitrogen and oxygen atoms in total. The highest BCUT2D eigenvalue weighted by atomic mass is 79.9. The maximum atomic E-state index is 12.7. The summed E-state index contributed by atoms with van der Waals surface area (Å²) < 4.78 is 2.63. The molecule has 3 rings (SSSR count). The van der Waals surface area contributed by atoms with Gasteiger partial charge in [-0.3, -0.25) is 9.59 Å². The number of nitrogens with one attached hydrogen (secondary N) is 1. The number of amides is 2. The second-order valence-electron chi connectivity index (χ2n) is 5.79. The van der Waals surface area contributed by atoms with E-state index in [2.05, 4.69) is 26.3 Å². The van der Waals surface area contributed by atoms with Crippen LogP contribution >= 0.6 is 15.9 Å². The number of anilines is 1. The fourth-order valence-corrected chi connectivity index (χ4v) is 3.06. The Bertz CT molecular complexity index is 981. The van der Waals surface area contributed by atoms with E-state index in [-0.39, 0.29) is 12.3 Å². The van der Waals surface area contributed by atoms with E-state index < -0.39 is 5.91 Å². The SMILES string of the molecule is Cc1c(C(=O)Nc2ccccc2CC(N)=O)cnn1-c1cccc(Br)c1. The molecule has 2 aromatic carbocycles. The summed E-state index contributed by atoms with van der Waals surface area (Å²) in [6.07, 6.45) is 1.59. The first-order valence-corrected chi connectivity index (χ1v) is 8.73. The number of rotatable bonds is 5. The molecule has 0 aliphatic carbocycles. The molecule has 0 aliphatic rings. The minimum absolute atomic E-state index is 0.0622. The normalized spacial score (nSPS) is 10.5. The van der Waals surface area contributed by atoms with Crippen molar-refractivity contribution < 1.29 is 9.59 Å². The first kappa shape index (κ1) is 17.9. The highest BCUT2D eigenvalue weighted by Crippen LogP contribution is 2.21. The van der Waals surface area contributed by atoms with Crippen molar-refractivity contribution in [3.05, 3.63) is 76.0 Å². The quantitative estimate of drug-likeness (QED) is 0.673. The van der Waals surface area contributed by atoms with Gasteiger partial charge in [-0.2, -0.15) is 5.10 Å². The second kappa shape index (κ2) is 7.53. The van der Waals surface area contributed by atoms with Gasteiger partial charge in [0.25, 0.3) is 5.91 Å². The van der Waals surface area contributed by atoms with Gasteiger partial charge >= 0.3 is 0 Å². The lowest BCUT2D eigenvalue weighted by atomic mass is 10.1. The Labute approximate surface area is 159 Å². The van der Waals surface area contributed by atoms with Crippen molar-refractivity contribution in [1.29, 1.82) is 0 Å². The van der Waals surface area contributed by atoms with Crippen molar-refractivity contribution in [1.82, 2.24) is 9.78 Å². The third kappa shape index (κ3) is 3.83. The Morgan fingerprint density at radius 3 is 2.69 bits per heavy atom. The number of nitrogens with zero attached hydrogens (tertiary/aromatic N) is 2. The summed E-state index contributed by atoms with van der Waals surface area (Å²) in [5.41, 5.74) is 8.53. The molecule has 3 N–H and O–H groups in total. The molecule has 0 bridgehead atoms. The molecule has 3 aromatic rings. The average molecular weight is 413 g/mol. The van der Waals surface area contributed by atoms with Gasteiger partial charge in [-0.05, 0) is 36.8 Å². The average Bonchev–Trinajstić information content (AvgIpc) is 2.98. The van der Waals surface area contributed by atoms with Gasteiger partial charge in [0.2, 0.25) is 5.91 Å². The van der Waals surface area contributed by atoms with Crippen molar-refractivity contribution in [2.24, 2.45) is 5.73 Å². The predicted octanol–water partition coefficient (Wildman–Crippen LogP) is 3.22. The summed E-state index contributed by atoms with van der Waals surface area (Å²) in [5, 5.41) is 7.16. The Hall–Kier alpha value is -2.93. The van der Waals surface area contributed by atoms with Crippen LogP contribution < -0.4 is 11.1 Å². The minimum Gasteiger partial charge on any atom is -0.369 e. The zero-order chi connectivity index (χ0) is 18.7. The molecular weight excluding hydrogens is 396 g/mol. The van der Waals surface area contributed by atoms with E-state index in [9.17, 15) is 9.59 Å². The summed E-state index contributed by atoms with van der Waals surface area (Å²) >= 11 is 3.43. The Kier molecular flexibility index (Phi) is 5.18. The Morgan fingerprint density at radius 2 is 1.96 bits per heavy atom. The third-order valence-electron chi connectivity index (χ3n) is 3.94. The molecule has 0 unspecified atom stereocenters. The molecule has 1 heterocycles. The van der Waals surface area contributed by atoms with Crippen LogP contribution in [-0.2, 0) is 11.2 Å². The van der Waals surface area contributed by atoms with Crippen LogP contribution in [0.2, 0.25) is 0 Å². The molecule has 0 saturated carbocycles. The van der Waals surface area contributed by atoms with E-state index >= 15 is 0 Å². The first-order chi connectivity index (χ1) is 12.5. The summed E-state index contributed by atoms with van der Waals surface area (Å²) in [5.74, 6) is -0.744. The van der Waals surface area contributed by atoms with Crippen LogP contribution in [0.5, 0.6) is 0 Å². The summed E-state index contributed by atoms with van der Waals surface area (Å²) in [7, 11) is 0. The second-order valence-corrected chi connectivity index (χ2v) is 6.71. The molecule has 1 aromatic heterocycles. The van der Waals surface area contributed by atoms with Crippen molar-refractivity contribution in [2.45, 2.75) is 13.3 Å². The van der Waals surface area contributed by atoms with Gasteiger partial charge in [0.15, 0.2) is 0 Å². The highest BCUT2D eigenvalue weighted by Gasteiger charge is 2.17. The maximum absolute atomic E-state index is 12.7. The highest BCUT2D eigenvalue weighted by molar-refractivity contribution is 9.10. The van der Waals surface area contributed by atoms with E-state index in [4.69, 9.17) is 5.73 Å². The van der Waals surface area contributed by atoms with E-state index in [1.807, 2.05) is 31.2 Å². The van der Waals surface area contributed by atoms with Gasteiger partial charge in [0.1, 0.15) is 0 Å². The number of carbonyl (C=O) groups excluding carboxylic acids is 2. The molecular formula is C19H17BrN4O2. The maximum Gasteiger partial charge on any atom is 0.259 e. The number of aromatic nitrogens is 2. The van der Waals surface area contributed by atoms with Crippen LogP contribution in [0, 0.1) is 6.92 Å². The molecule has 2 amide bonds. The fraction of sp³-hybridized carbons (Fsp3) is 0.105. The van der Waals surface area contributed by atoms with Crippen molar-refractivity contribution >= 4 is 33.4 Å². The minimum atomic E-state index is -0.453. The number of hydrogen-bond donors (Lipinski definition) is 2. The van der Waals surface area contributed by atoms with E-state index in [1.54, 1.807) is 28.9 Å². The van der Waals surface area contributed by atoms with Crippen LogP contribution in [0.25, 0.3) is 5.69 Å². The molecule has 0 atom stereocenters. The molecule has 0 fully saturated rings. The van der Waals surface area contributed by atoms with E-state index in [0.29, 0.717) is 22.5 Å².